The van der Waals surface area contributed by atoms with E-state index in [1.165, 1.54) is 14.2 Å². The van der Waals surface area contributed by atoms with Crippen LogP contribution in [0.2, 0.25) is 0 Å². The van der Waals surface area contributed by atoms with Crippen LogP contribution in [0.4, 0.5) is 0 Å². The van der Waals surface area contributed by atoms with E-state index in [4.69, 9.17) is 14.2 Å². The van der Waals surface area contributed by atoms with Gasteiger partial charge in [-0.1, -0.05) is 18.2 Å². The second-order valence-corrected chi connectivity index (χ2v) is 7.09. The number of hydrogen-bond donors (Lipinski definition) is 1. The van der Waals surface area contributed by atoms with Crippen LogP contribution in [0.25, 0.3) is 0 Å². The van der Waals surface area contributed by atoms with Gasteiger partial charge in [-0.05, 0) is 46.2 Å². The molecule has 0 aliphatic heterocycles. The predicted molar refractivity (Wildman–Crippen MR) is 95.7 cm³/mol. The van der Waals surface area contributed by atoms with Crippen LogP contribution in [0.3, 0.4) is 0 Å². The summed E-state index contributed by atoms with van der Waals surface area (Å²) < 4.78 is 15.8. The van der Waals surface area contributed by atoms with E-state index in [1.54, 1.807) is 27.9 Å². The molecule has 0 heterocycles. The first kappa shape index (κ1) is 21.4. The van der Waals surface area contributed by atoms with E-state index in [0.29, 0.717) is 6.61 Å². The Morgan fingerprint density at radius 2 is 1.84 bits per heavy atom. The van der Waals surface area contributed by atoms with Gasteiger partial charge < -0.3 is 19.9 Å². The van der Waals surface area contributed by atoms with E-state index in [0.717, 1.165) is 18.4 Å². The monoisotopic (exact) mass is 353 g/mol. The molecule has 0 bridgehead atoms. The van der Waals surface area contributed by atoms with E-state index < -0.39 is 23.0 Å². The largest absolute Gasteiger partial charge is 0.468 e. The first-order chi connectivity index (χ1) is 11.8. The van der Waals surface area contributed by atoms with Gasteiger partial charge in [0.2, 0.25) is 0 Å². The molecule has 142 valence electrons. The molecule has 0 radical (unpaired) electrons. The van der Waals surface area contributed by atoms with Crippen molar-refractivity contribution in [2.75, 3.05) is 27.9 Å². The summed E-state index contributed by atoms with van der Waals surface area (Å²) in [5.41, 5.74) is 3.53. The van der Waals surface area contributed by atoms with Gasteiger partial charge in [0.25, 0.3) is 0 Å². The van der Waals surface area contributed by atoms with Crippen molar-refractivity contribution in [1.29, 1.82) is 0 Å². The Balaban J connectivity index is 0.00000151. The van der Waals surface area contributed by atoms with Crippen molar-refractivity contribution in [1.82, 2.24) is 0 Å². The second kappa shape index (κ2) is 8.63. The predicted octanol–water partition coefficient (Wildman–Crippen LogP) is 2.23. The fourth-order valence-electron chi connectivity index (χ4n) is 3.40. The summed E-state index contributed by atoms with van der Waals surface area (Å²) in [7, 11) is 4.37. The summed E-state index contributed by atoms with van der Waals surface area (Å²) in [6.45, 7) is 5.68. The van der Waals surface area contributed by atoms with E-state index in [2.05, 4.69) is 17.9 Å². The van der Waals surface area contributed by atoms with E-state index in [1.807, 2.05) is 6.08 Å². The molecule has 0 aromatic carbocycles. The summed E-state index contributed by atoms with van der Waals surface area (Å²) in [5.74, 6) is -1.58. The van der Waals surface area contributed by atoms with Crippen LogP contribution in [0.5, 0.6) is 0 Å². The lowest BCUT2D eigenvalue weighted by Crippen LogP contribution is -2.38. The summed E-state index contributed by atoms with van der Waals surface area (Å²) in [6.07, 6.45) is 8.03. The molecule has 6 nitrogen and oxygen atoms in total. The molecule has 2 aliphatic rings. The molecule has 1 saturated carbocycles. The van der Waals surface area contributed by atoms with E-state index in [-0.39, 0.29) is 11.8 Å². The SMILES string of the molecule is CN.COCC1C(C2=CCCC=C2)C1(C(=O)OC)C(=O)OC(C)(C)C. The highest BCUT2D eigenvalue weighted by molar-refractivity contribution is 6.05. The molecule has 0 aromatic rings. The van der Waals surface area contributed by atoms with Crippen LogP contribution in [0.1, 0.15) is 33.6 Å². The maximum Gasteiger partial charge on any atom is 0.325 e. The Morgan fingerprint density at radius 3 is 2.28 bits per heavy atom. The lowest BCUT2D eigenvalue weighted by Gasteiger charge is -2.24. The molecule has 3 unspecified atom stereocenters. The first-order valence-electron chi connectivity index (χ1n) is 8.54. The molecule has 0 aromatic heterocycles. The van der Waals surface area contributed by atoms with Gasteiger partial charge in [0.15, 0.2) is 5.41 Å². The fourth-order valence-corrected chi connectivity index (χ4v) is 3.40. The van der Waals surface area contributed by atoms with Crippen molar-refractivity contribution >= 4 is 11.9 Å². The van der Waals surface area contributed by atoms with Gasteiger partial charge in [-0.2, -0.15) is 0 Å². The number of carbonyl (C=O) groups excluding carboxylic acids is 2. The summed E-state index contributed by atoms with van der Waals surface area (Å²) in [6, 6.07) is 0. The lowest BCUT2D eigenvalue weighted by atomic mass is 9.95. The average Bonchev–Trinajstić information content (AvgIpc) is 3.25. The van der Waals surface area contributed by atoms with Crippen LogP contribution in [0, 0.1) is 17.3 Å². The summed E-state index contributed by atoms with van der Waals surface area (Å²) in [4.78, 5) is 25.4. The molecule has 2 rings (SSSR count). The quantitative estimate of drug-likeness (QED) is 0.602. The van der Waals surface area contributed by atoms with Gasteiger partial charge in [-0.25, -0.2) is 0 Å². The number of rotatable bonds is 5. The molecule has 2 aliphatic carbocycles. The Hall–Kier alpha value is -1.66. The van der Waals surface area contributed by atoms with Crippen molar-refractivity contribution < 1.29 is 23.8 Å². The van der Waals surface area contributed by atoms with Crippen LogP contribution < -0.4 is 5.73 Å². The molecule has 0 saturated heterocycles. The molecule has 6 heteroatoms. The van der Waals surface area contributed by atoms with Crippen molar-refractivity contribution in [2.24, 2.45) is 23.0 Å². The third-order valence-corrected chi connectivity index (χ3v) is 4.36. The summed E-state index contributed by atoms with van der Waals surface area (Å²) in [5, 5.41) is 0. The highest BCUT2D eigenvalue weighted by Crippen LogP contribution is 2.64. The normalized spacial score (nSPS) is 27.6. The van der Waals surface area contributed by atoms with Gasteiger partial charge in [-0.15, -0.1) is 0 Å². The zero-order chi connectivity index (χ0) is 19.3. The summed E-state index contributed by atoms with van der Waals surface area (Å²) >= 11 is 0. The Bertz CT molecular complexity index is 547. The Morgan fingerprint density at radius 1 is 1.20 bits per heavy atom. The minimum atomic E-state index is -1.30. The van der Waals surface area contributed by atoms with Crippen molar-refractivity contribution in [3.05, 3.63) is 23.8 Å². The molecule has 0 spiro atoms. The average molecular weight is 353 g/mol. The standard InChI is InChI=1S/C18H26O5.CH5N/c1-17(2,3)23-16(20)18(15(19)22-5)13(11-21-4)14(18)12-9-7-6-8-10-12;1-2/h7,9-10,13-14H,6,8,11H2,1-5H3;2H2,1H3. The van der Waals surface area contributed by atoms with Crippen LogP contribution >= 0.6 is 0 Å². The lowest BCUT2D eigenvalue weighted by molar-refractivity contribution is -0.172. The highest BCUT2D eigenvalue weighted by Gasteiger charge is 2.77. The maximum absolute atomic E-state index is 12.9. The third kappa shape index (κ3) is 4.30. The number of carbonyl (C=O) groups is 2. The van der Waals surface area contributed by atoms with Gasteiger partial charge in [0.05, 0.1) is 13.7 Å². The van der Waals surface area contributed by atoms with Gasteiger partial charge >= 0.3 is 11.9 Å². The van der Waals surface area contributed by atoms with Crippen molar-refractivity contribution in [3.8, 4) is 0 Å². The molecule has 25 heavy (non-hydrogen) atoms. The van der Waals surface area contributed by atoms with Crippen LogP contribution in [-0.2, 0) is 23.8 Å². The van der Waals surface area contributed by atoms with E-state index >= 15 is 0 Å². The fraction of sp³-hybridized carbons (Fsp3) is 0.684. The molecule has 3 atom stereocenters. The first-order valence-corrected chi connectivity index (χ1v) is 8.54. The third-order valence-electron chi connectivity index (χ3n) is 4.36. The minimum Gasteiger partial charge on any atom is -0.468 e. The number of ether oxygens (including phenoxy) is 3. The molecular formula is C19H31NO5. The number of methoxy groups -OCH3 is 2. The molecule has 1 fully saturated rings. The zero-order valence-corrected chi connectivity index (χ0v) is 16.1. The second-order valence-electron chi connectivity index (χ2n) is 7.09. The minimum absolute atomic E-state index is 0.249. The number of nitrogens with two attached hydrogens (primary N) is 1. The van der Waals surface area contributed by atoms with Crippen LogP contribution in [-0.4, -0.2) is 45.4 Å². The number of esters is 2. The number of allylic oxidation sites excluding steroid dienone is 4. The van der Waals surface area contributed by atoms with Crippen molar-refractivity contribution in [2.45, 2.75) is 39.2 Å². The Kier molecular flexibility index (Phi) is 7.38. The van der Waals surface area contributed by atoms with E-state index in [9.17, 15) is 9.59 Å². The number of hydrogen-bond acceptors (Lipinski definition) is 6. The van der Waals surface area contributed by atoms with Gasteiger partial charge in [0.1, 0.15) is 5.60 Å². The van der Waals surface area contributed by atoms with Gasteiger partial charge in [0, 0.05) is 18.9 Å². The topological polar surface area (TPSA) is 87.9 Å². The molecule has 0 amide bonds. The van der Waals surface area contributed by atoms with Crippen molar-refractivity contribution in [3.63, 3.8) is 0 Å². The van der Waals surface area contributed by atoms with Gasteiger partial charge in [-0.3, -0.25) is 9.59 Å². The molecular weight excluding hydrogens is 322 g/mol. The van der Waals surface area contributed by atoms with Crippen LogP contribution in [0.15, 0.2) is 23.8 Å². The highest BCUT2D eigenvalue weighted by atomic mass is 16.6. The zero-order valence-electron chi connectivity index (χ0n) is 16.1. The Labute approximate surface area is 150 Å². The molecule has 2 N–H and O–H groups in total. The maximum atomic E-state index is 12.9. The smallest absolute Gasteiger partial charge is 0.325 e.